The van der Waals surface area contributed by atoms with Gasteiger partial charge in [0.25, 0.3) is 0 Å². The molecule has 0 saturated heterocycles. The van der Waals surface area contributed by atoms with Crippen molar-refractivity contribution >= 4 is 5.82 Å². The van der Waals surface area contributed by atoms with Crippen molar-refractivity contribution in [2.24, 2.45) is 5.92 Å². The second-order valence-electron chi connectivity index (χ2n) is 4.70. The second kappa shape index (κ2) is 5.94. The molecule has 1 aromatic heterocycles. The first-order valence-electron chi connectivity index (χ1n) is 6.54. The maximum atomic E-state index is 13.8. The van der Waals surface area contributed by atoms with Gasteiger partial charge in [-0.15, -0.1) is 0 Å². The van der Waals surface area contributed by atoms with Crippen LogP contribution in [-0.4, -0.2) is 16.5 Å². The van der Waals surface area contributed by atoms with Crippen molar-refractivity contribution in [3.05, 3.63) is 17.8 Å². The number of hydrogen-bond acceptors (Lipinski definition) is 3. The smallest absolute Gasteiger partial charge is 0.186 e. The molecule has 2 rings (SSSR count). The van der Waals surface area contributed by atoms with E-state index in [9.17, 15) is 4.39 Å². The Morgan fingerprint density at radius 3 is 2.82 bits per heavy atom. The quantitative estimate of drug-likeness (QED) is 0.854. The zero-order valence-electron chi connectivity index (χ0n) is 10.4. The Labute approximate surface area is 102 Å². The van der Waals surface area contributed by atoms with Gasteiger partial charge in [-0.3, -0.25) is 0 Å². The third kappa shape index (κ3) is 3.14. The van der Waals surface area contributed by atoms with Crippen molar-refractivity contribution in [3.8, 4) is 0 Å². The lowest BCUT2D eigenvalue weighted by Crippen LogP contribution is -2.10. The summed E-state index contributed by atoms with van der Waals surface area (Å²) in [6.45, 7) is 2.70. The Hall–Kier alpha value is -1.19. The van der Waals surface area contributed by atoms with Gasteiger partial charge in [0.2, 0.25) is 0 Å². The third-order valence-corrected chi connectivity index (χ3v) is 3.52. The summed E-state index contributed by atoms with van der Waals surface area (Å²) in [6, 6.07) is 0. The van der Waals surface area contributed by atoms with Crippen LogP contribution in [0, 0.1) is 11.7 Å². The molecule has 94 valence electrons. The van der Waals surface area contributed by atoms with Gasteiger partial charge in [0.15, 0.2) is 11.6 Å². The number of rotatable bonds is 5. The Bertz CT molecular complexity index is 362. The summed E-state index contributed by atoms with van der Waals surface area (Å²) in [7, 11) is 0. The fourth-order valence-electron chi connectivity index (χ4n) is 2.47. The largest absolute Gasteiger partial charge is 0.368 e. The lowest BCUT2D eigenvalue weighted by atomic mass is 10.0. The van der Waals surface area contributed by atoms with Crippen LogP contribution in [0.2, 0.25) is 0 Å². The number of aromatic nitrogens is 2. The molecule has 0 aromatic carbocycles. The molecule has 1 fully saturated rings. The van der Waals surface area contributed by atoms with Gasteiger partial charge in [-0.25, -0.2) is 14.4 Å². The molecule has 0 aliphatic heterocycles. The van der Waals surface area contributed by atoms with Crippen LogP contribution in [0.3, 0.4) is 0 Å². The van der Waals surface area contributed by atoms with E-state index in [2.05, 4.69) is 15.3 Å². The van der Waals surface area contributed by atoms with E-state index in [1.807, 2.05) is 6.92 Å². The summed E-state index contributed by atoms with van der Waals surface area (Å²) in [5.74, 6) is 0.884. The van der Waals surface area contributed by atoms with E-state index in [0.717, 1.165) is 18.9 Å². The van der Waals surface area contributed by atoms with Crippen LogP contribution >= 0.6 is 0 Å². The van der Waals surface area contributed by atoms with Crippen molar-refractivity contribution in [2.45, 2.75) is 45.4 Å². The molecule has 17 heavy (non-hydrogen) atoms. The topological polar surface area (TPSA) is 37.8 Å². The number of halogens is 1. The number of anilines is 1. The highest BCUT2D eigenvalue weighted by atomic mass is 19.1. The highest BCUT2D eigenvalue weighted by Gasteiger charge is 2.15. The standard InChI is InChI=1S/C13H20FN3/c1-2-11-12(14)13(17-9-16-11)15-8-7-10-5-3-4-6-10/h9-10H,2-8H2,1H3,(H,15,16,17). The SMILES string of the molecule is CCc1ncnc(NCCC2CCCC2)c1F. The fraction of sp³-hybridized carbons (Fsp3) is 0.692. The van der Waals surface area contributed by atoms with Crippen LogP contribution in [0.5, 0.6) is 0 Å². The first kappa shape index (κ1) is 12.3. The van der Waals surface area contributed by atoms with Crippen molar-refractivity contribution in [1.82, 2.24) is 9.97 Å². The third-order valence-electron chi connectivity index (χ3n) is 3.52. The van der Waals surface area contributed by atoms with Crippen LogP contribution in [0.4, 0.5) is 10.2 Å². The minimum Gasteiger partial charge on any atom is -0.368 e. The summed E-state index contributed by atoms with van der Waals surface area (Å²) in [5, 5.41) is 3.09. The van der Waals surface area contributed by atoms with Crippen LogP contribution in [0.1, 0.15) is 44.7 Å². The predicted octanol–water partition coefficient (Wildman–Crippen LogP) is 3.17. The highest BCUT2D eigenvalue weighted by molar-refractivity contribution is 5.37. The highest BCUT2D eigenvalue weighted by Crippen LogP contribution is 2.27. The van der Waals surface area contributed by atoms with Crippen LogP contribution in [0.25, 0.3) is 0 Å². The minimum absolute atomic E-state index is 0.290. The molecule has 1 saturated carbocycles. The van der Waals surface area contributed by atoms with E-state index in [4.69, 9.17) is 0 Å². The minimum atomic E-state index is -0.290. The van der Waals surface area contributed by atoms with Gasteiger partial charge in [0.1, 0.15) is 6.33 Å². The lowest BCUT2D eigenvalue weighted by molar-refractivity contribution is 0.516. The maximum absolute atomic E-state index is 13.8. The number of nitrogens with zero attached hydrogens (tertiary/aromatic N) is 2. The van der Waals surface area contributed by atoms with E-state index in [0.29, 0.717) is 17.9 Å². The molecule has 1 aliphatic rings. The molecule has 1 aromatic rings. The second-order valence-corrected chi connectivity index (χ2v) is 4.70. The van der Waals surface area contributed by atoms with Crippen molar-refractivity contribution in [2.75, 3.05) is 11.9 Å². The Morgan fingerprint density at radius 2 is 2.12 bits per heavy atom. The summed E-state index contributed by atoms with van der Waals surface area (Å²) in [6.07, 6.45) is 8.51. The molecule has 0 atom stereocenters. The van der Waals surface area contributed by atoms with Gasteiger partial charge < -0.3 is 5.32 Å². The first-order valence-corrected chi connectivity index (χ1v) is 6.54. The van der Waals surface area contributed by atoms with Crippen LogP contribution < -0.4 is 5.32 Å². The summed E-state index contributed by atoms with van der Waals surface area (Å²) < 4.78 is 13.8. The van der Waals surface area contributed by atoms with Gasteiger partial charge in [0, 0.05) is 6.54 Å². The Kier molecular flexibility index (Phi) is 4.29. The molecule has 4 heteroatoms. The van der Waals surface area contributed by atoms with Crippen molar-refractivity contribution in [3.63, 3.8) is 0 Å². The van der Waals surface area contributed by atoms with Gasteiger partial charge >= 0.3 is 0 Å². The van der Waals surface area contributed by atoms with E-state index >= 15 is 0 Å². The van der Waals surface area contributed by atoms with Gasteiger partial charge in [-0.1, -0.05) is 32.6 Å². The molecule has 0 amide bonds. The molecule has 0 radical (unpaired) electrons. The first-order chi connectivity index (χ1) is 8.31. The summed E-state index contributed by atoms with van der Waals surface area (Å²) in [5.41, 5.74) is 0.489. The molecule has 1 heterocycles. The van der Waals surface area contributed by atoms with Crippen molar-refractivity contribution < 1.29 is 4.39 Å². The Morgan fingerprint density at radius 1 is 1.35 bits per heavy atom. The van der Waals surface area contributed by atoms with Crippen LogP contribution in [0.15, 0.2) is 6.33 Å². The average molecular weight is 237 g/mol. The number of hydrogen-bond donors (Lipinski definition) is 1. The predicted molar refractivity (Wildman–Crippen MR) is 66.4 cm³/mol. The molecule has 0 bridgehead atoms. The van der Waals surface area contributed by atoms with E-state index in [1.54, 1.807) is 0 Å². The van der Waals surface area contributed by atoms with Gasteiger partial charge in [0.05, 0.1) is 5.69 Å². The average Bonchev–Trinajstić information content (AvgIpc) is 2.84. The van der Waals surface area contributed by atoms with Crippen molar-refractivity contribution in [1.29, 1.82) is 0 Å². The molecule has 1 N–H and O–H groups in total. The Balaban J connectivity index is 1.85. The van der Waals surface area contributed by atoms with Gasteiger partial charge in [-0.05, 0) is 18.8 Å². The number of nitrogens with one attached hydrogen (secondary N) is 1. The summed E-state index contributed by atoms with van der Waals surface area (Å²) >= 11 is 0. The monoisotopic (exact) mass is 237 g/mol. The molecule has 3 nitrogen and oxygen atoms in total. The number of aryl methyl sites for hydroxylation is 1. The zero-order valence-corrected chi connectivity index (χ0v) is 10.4. The lowest BCUT2D eigenvalue weighted by Gasteiger charge is -2.11. The van der Waals surface area contributed by atoms with E-state index in [-0.39, 0.29) is 5.82 Å². The fourth-order valence-corrected chi connectivity index (χ4v) is 2.47. The molecule has 0 unspecified atom stereocenters. The van der Waals surface area contributed by atoms with Crippen LogP contribution in [-0.2, 0) is 6.42 Å². The molecule has 0 spiro atoms. The molecule has 1 aliphatic carbocycles. The van der Waals surface area contributed by atoms with E-state index in [1.165, 1.54) is 32.0 Å². The normalized spacial score (nSPS) is 16.4. The van der Waals surface area contributed by atoms with Gasteiger partial charge in [-0.2, -0.15) is 0 Å². The maximum Gasteiger partial charge on any atom is 0.186 e. The summed E-state index contributed by atoms with van der Waals surface area (Å²) in [4.78, 5) is 7.87. The molecular formula is C13H20FN3. The zero-order chi connectivity index (χ0) is 12.1. The van der Waals surface area contributed by atoms with E-state index < -0.39 is 0 Å². The molecular weight excluding hydrogens is 217 g/mol.